The number of hydrogen-bond donors (Lipinski definition) is 1. The summed E-state index contributed by atoms with van der Waals surface area (Å²) in [6.45, 7) is 8.87. The Balaban J connectivity index is 2.53. The molecule has 0 aromatic heterocycles. The molecule has 2 unspecified atom stereocenters. The number of benzene rings is 1. The SMILES string of the molecule is [CH2]C(C)(CCC)C(CO)CCc1ccccc1. The molecule has 1 aromatic carbocycles. The number of hydrogen-bond acceptors (Lipinski definition) is 1. The van der Waals surface area contributed by atoms with Gasteiger partial charge in [0.05, 0.1) is 0 Å². The van der Waals surface area contributed by atoms with Crippen LogP contribution in [0.5, 0.6) is 0 Å². The molecule has 1 radical (unpaired) electrons. The molecule has 0 heterocycles. The minimum absolute atomic E-state index is 0.00171. The average molecular weight is 233 g/mol. The van der Waals surface area contributed by atoms with E-state index in [9.17, 15) is 5.11 Å². The third-order valence-electron chi connectivity index (χ3n) is 3.65. The third-order valence-corrected chi connectivity index (χ3v) is 3.65. The highest BCUT2D eigenvalue weighted by molar-refractivity contribution is 5.14. The quantitative estimate of drug-likeness (QED) is 0.758. The van der Waals surface area contributed by atoms with Crippen molar-refractivity contribution in [1.82, 2.24) is 0 Å². The average Bonchev–Trinajstić information content (AvgIpc) is 2.30. The predicted molar refractivity (Wildman–Crippen MR) is 73.7 cm³/mol. The Labute approximate surface area is 106 Å². The second-order valence-corrected chi connectivity index (χ2v) is 5.31. The monoisotopic (exact) mass is 233 g/mol. The van der Waals surface area contributed by atoms with E-state index in [1.165, 1.54) is 5.56 Å². The van der Waals surface area contributed by atoms with Crippen LogP contribution in [0, 0.1) is 18.3 Å². The van der Waals surface area contributed by atoms with Gasteiger partial charge in [0.15, 0.2) is 0 Å². The fourth-order valence-electron chi connectivity index (χ4n) is 2.42. The summed E-state index contributed by atoms with van der Waals surface area (Å²) in [6.07, 6.45) is 4.25. The van der Waals surface area contributed by atoms with E-state index >= 15 is 0 Å². The van der Waals surface area contributed by atoms with E-state index in [-0.39, 0.29) is 12.0 Å². The van der Waals surface area contributed by atoms with Gasteiger partial charge in [-0.2, -0.15) is 0 Å². The molecule has 0 fully saturated rings. The third kappa shape index (κ3) is 4.51. The van der Waals surface area contributed by atoms with Crippen LogP contribution >= 0.6 is 0 Å². The summed E-state index contributed by atoms with van der Waals surface area (Å²) in [6, 6.07) is 10.5. The summed E-state index contributed by atoms with van der Waals surface area (Å²) in [5.41, 5.74) is 1.34. The van der Waals surface area contributed by atoms with E-state index < -0.39 is 0 Å². The van der Waals surface area contributed by atoms with Gasteiger partial charge in [0.1, 0.15) is 0 Å². The van der Waals surface area contributed by atoms with Crippen molar-refractivity contribution in [1.29, 1.82) is 0 Å². The number of aryl methyl sites for hydroxylation is 1. The van der Waals surface area contributed by atoms with Crippen LogP contribution in [0.15, 0.2) is 30.3 Å². The number of aliphatic hydroxyl groups is 1. The van der Waals surface area contributed by atoms with Gasteiger partial charge in [-0.25, -0.2) is 0 Å². The second-order valence-electron chi connectivity index (χ2n) is 5.31. The maximum Gasteiger partial charge on any atom is 0.0464 e. The number of aliphatic hydroxyl groups excluding tert-OH is 1. The predicted octanol–water partition coefficient (Wildman–Crippen LogP) is 3.87. The summed E-state index contributed by atoms with van der Waals surface area (Å²) in [5, 5.41) is 9.53. The molecule has 0 amide bonds. The zero-order chi connectivity index (χ0) is 12.7. The van der Waals surface area contributed by atoms with Crippen molar-refractivity contribution in [2.45, 2.75) is 39.5 Å². The minimum atomic E-state index is -0.00171. The summed E-state index contributed by atoms with van der Waals surface area (Å²) in [4.78, 5) is 0. The lowest BCUT2D eigenvalue weighted by atomic mass is 9.73. The van der Waals surface area contributed by atoms with Crippen LogP contribution in [0.3, 0.4) is 0 Å². The van der Waals surface area contributed by atoms with Crippen molar-refractivity contribution in [2.75, 3.05) is 6.61 Å². The van der Waals surface area contributed by atoms with Crippen LogP contribution in [0.2, 0.25) is 0 Å². The van der Waals surface area contributed by atoms with Gasteiger partial charge in [0, 0.05) is 6.61 Å². The molecule has 1 nitrogen and oxygen atoms in total. The highest BCUT2D eigenvalue weighted by atomic mass is 16.3. The molecule has 0 bridgehead atoms. The molecule has 2 atom stereocenters. The molecular formula is C16H25O. The van der Waals surface area contributed by atoms with E-state index in [0.717, 1.165) is 25.7 Å². The standard InChI is InChI=1S/C16H25O/c1-4-12-16(2,3)15(13-17)11-10-14-8-6-5-7-9-14/h5-9,15,17H,2,4,10-13H2,1,3H3. The van der Waals surface area contributed by atoms with E-state index in [1.54, 1.807) is 0 Å². The van der Waals surface area contributed by atoms with Crippen LogP contribution in [-0.2, 0) is 6.42 Å². The zero-order valence-corrected chi connectivity index (χ0v) is 11.2. The van der Waals surface area contributed by atoms with E-state index in [2.05, 4.69) is 45.0 Å². The van der Waals surface area contributed by atoms with Gasteiger partial charge in [-0.05, 0) is 43.1 Å². The lowest BCUT2D eigenvalue weighted by Crippen LogP contribution is -2.27. The molecule has 0 aliphatic rings. The largest absolute Gasteiger partial charge is 0.396 e. The van der Waals surface area contributed by atoms with Crippen molar-refractivity contribution in [3.8, 4) is 0 Å². The van der Waals surface area contributed by atoms with Crippen molar-refractivity contribution >= 4 is 0 Å². The van der Waals surface area contributed by atoms with Gasteiger partial charge in [0.25, 0.3) is 0 Å². The van der Waals surface area contributed by atoms with Gasteiger partial charge in [-0.15, -0.1) is 0 Å². The summed E-state index contributed by atoms with van der Waals surface area (Å²) in [7, 11) is 0. The van der Waals surface area contributed by atoms with Gasteiger partial charge >= 0.3 is 0 Å². The van der Waals surface area contributed by atoms with Crippen molar-refractivity contribution < 1.29 is 5.11 Å². The lowest BCUT2D eigenvalue weighted by molar-refractivity contribution is 0.121. The summed E-state index contributed by atoms with van der Waals surface area (Å²) < 4.78 is 0. The fraction of sp³-hybridized carbons (Fsp3) is 0.562. The Morgan fingerprint density at radius 2 is 1.94 bits per heavy atom. The first-order valence-electron chi connectivity index (χ1n) is 6.60. The zero-order valence-electron chi connectivity index (χ0n) is 11.2. The first-order chi connectivity index (χ1) is 8.10. The number of rotatable bonds is 7. The first kappa shape index (κ1) is 14.2. The smallest absolute Gasteiger partial charge is 0.0464 e. The van der Waals surface area contributed by atoms with Crippen LogP contribution in [-0.4, -0.2) is 11.7 Å². The summed E-state index contributed by atoms with van der Waals surface area (Å²) >= 11 is 0. The molecule has 1 heteroatoms. The molecular weight excluding hydrogens is 208 g/mol. The summed E-state index contributed by atoms with van der Waals surface area (Å²) in [5.74, 6) is 0.294. The van der Waals surface area contributed by atoms with Crippen LogP contribution < -0.4 is 0 Å². The van der Waals surface area contributed by atoms with Crippen LogP contribution in [0.1, 0.15) is 38.7 Å². The molecule has 0 aliphatic heterocycles. The Kier molecular flexibility index (Phi) is 5.70. The molecule has 0 spiro atoms. The Morgan fingerprint density at radius 1 is 1.29 bits per heavy atom. The molecule has 95 valence electrons. The highest BCUT2D eigenvalue weighted by Crippen LogP contribution is 2.34. The Morgan fingerprint density at radius 3 is 2.47 bits per heavy atom. The normalized spacial score (nSPS) is 13.6. The highest BCUT2D eigenvalue weighted by Gasteiger charge is 2.27. The van der Waals surface area contributed by atoms with Gasteiger partial charge in [-0.1, -0.05) is 50.6 Å². The van der Waals surface area contributed by atoms with E-state index in [0.29, 0.717) is 5.92 Å². The molecule has 0 saturated carbocycles. The first-order valence-corrected chi connectivity index (χ1v) is 6.60. The lowest BCUT2D eigenvalue weighted by Gasteiger charge is -2.33. The fourth-order valence-corrected chi connectivity index (χ4v) is 2.42. The van der Waals surface area contributed by atoms with Crippen LogP contribution in [0.25, 0.3) is 0 Å². The molecule has 1 N–H and O–H groups in total. The maximum atomic E-state index is 9.53. The Bertz CT molecular complexity index is 303. The maximum absolute atomic E-state index is 9.53. The van der Waals surface area contributed by atoms with E-state index in [1.807, 2.05) is 6.07 Å². The molecule has 0 aliphatic carbocycles. The van der Waals surface area contributed by atoms with Gasteiger partial charge in [0.2, 0.25) is 0 Å². The van der Waals surface area contributed by atoms with Gasteiger partial charge < -0.3 is 5.11 Å². The van der Waals surface area contributed by atoms with Crippen molar-refractivity contribution in [3.63, 3.8) is 0 Å². The van der Waals surface area contributed by atoms with Gasteiger partial charge in [-0.3, -0.25) is 0 Å². The topological polar surface area (TPSA) is 20.2 Å². The molecule has 17 heavy (non-hydrogen) atoms. The minimum Gasteiger partial charge on any atom is -0.396 e. The van der Waals surface area contributed by atoms with Crippen molar-refractivity contribution in [2.24, 2.45) is 11.3 Å². The Hall–Kier alpha value is -0.820. The van der Waals surface area contributed by atoms with Crippen molar-refractivity contribution in [3.05, 3.63) is 42.8 Å². The van der Waals surface area contributed by atoms with Crippen LogP contribution in [0.4, 0.5) is 0 Å². The molecule has 0 saturated heterocycles. The molecule has 1 rings (SSSR count). The second kappa shape index (κ2) is 6.80. The van der Waals surface area contributed by atoms with E-state index in [4.69, 9.17) is 0 Å². The molecule has 1 aromatic rings.